The molecule has 0 spiro atoms. The van der Waals surface area contributed by atoms with Crippen LogP contribution in [0, 0.1) is 0 Å². The van der Waals surface area contributed by atoms with Crippen molar-refractivity contribution in [1.82, 2.24) is 0 Å². The van der Waals surface area contributed by atoms with Crippen LogP contribution in [-0.4, -0.2) is 15.3 Å². The van der Waals surface area contributed by atoms with Crippen LogP contribution in [0.1, 0.15) is 33.7 Å². The average Bonchev–Trinajstić information content (AvgIpc) is 2.74. The van der Waals surface area contributed by atoms with E-state index in [0.29, 0.717) is 0 Å². The van der Waals surface area contributed by atoms with Gasteiger partial charge in [0.1, 0.15) is 17.2 Å². The van der Waals surface area contributed by atoms with E-state index < -0.39 is 0 Å². The monoisotopic (exact) mass is 382 g/mol. The Kier molecular flexibility index (Phi) is 5.21. The molecule has 144 valence electrons. The summed E-state index contributed by atoms with van der Waals surface area (Å²) >= 11 is 0. The molecule has 0 fully saturated rings. The van der Waals surface area contributed by atoms with Crippen molar-refractivity contribution in [3.8, 4) is 17.2 Å². The fourth-order valence-electron chi connectivity index (χ4n) is 3.59. The van der Waals surface area contributed by atoms with E-state index in [-0.39, 0.29) is 23.2 Å². The van der Waals surface area contributed by atoms with Gasteiger partial charge in [-0.2, -0.15) is 0 Å². The highest BCUT2D eigenvalue weighted by atomic mass is 16.3. The first kappa shape index (κ1) is 18.6. The predicted molar refractivity (Wildman–Crippen MR) is 115 cm³/mol. The number of rotatable bonds is 5. The van der Waals surface area contributed by atoms with E-state index in [1.807, 2.05) is 36.4 Å². The summed E-state index contributed by atoms with van der Waals surface area (Å²) in [5.74, 6) is 0.749. The Morgan fingerprint density at radius 2 is 0.690 bits per heavy atom. The van der Waals surface area contributed by atoms with Gasteiger partial charge >= 0.3 is 0 Å². The van der Waals surface area contributed by atoms with Crippen molar-refractivity contribution in [2.24, 2.45) is 0 Å². The molecule has 3 nitrogen and oxygen atoms in total. The minimum atomic E-state index is -0.000998. The average molecular weight is 382 g/mol. The van der Waals surface area contributed by atoms with Gasteiger partial charge in [0.05, 0.1) is 0 Å². The highest BCUT2D eigenvalue weighted by Crippen LogP contribution is 2.33. The van der Waals surface area contributed by atoms with Crippen LogP contribution >= 0.6 is 0 Å². The van der Waals surface area contributed by atoms with Gasteiger partial charge < -0.3 is 15.3 Å². The molecule has 0 bridgehead atoms. The molecular formula is C26H22O3. The molecule has 0 radical (unpaired) electrons. The van der Waals surface area contributed by atoms with E-state index in [9.17, 15) is 15.3 Å². The maximum atomic E-state index is 9.66. The summed E-state index contributed by atoms with van der Waals surface area (Å²) in [6.45, 7) is 0. The molecule has 0 saturated carbocycles. The van der Waals surface area contributed by atoms with Gasteiger partial charge in [-0.25, -0.2) is 0 Å². The van der Waals surface area contributed by atoms with Gasteiger partial charge in [0, 0.05) is 5.92 Å². The quantitative estimate of drug-likeness (QED) is 0.395. The first-order chi connectivity index (χ1) is 14.1. The van der Waals surface area contributed by atoms with Crippen molar-refractivity contribution in [2.75, 3.05) is 0 Å². The lowest BCUT2D eigenvalue weighted by Gasteiger charge is -2.19. The molecule has 4 aromatic carbocycles. The van der Waals surface area contributed by atoms with Gasteiger partial charge in [0.25, 0.3) is 0 Å². The molecule has 4 aromatic rings. The third-order valence-electron chi connectivity index (χ3n) is 5.11. The molecule has 0 saturated heterocycles. The van der Waals surface area contributed by atoms with Crippen LogP contribution in [0.25, 0.3) is 0 Å². The molecule has 0 unspecified atom stereocenters. The topological polar surface area (TPSA) is 60.7 Å². The summed E-state index contributed by atoms with van der Waals surface area (Å²) in [5, 5.41) is 28.8. The number of hydrogen-bond acceptors (Lipinski definition) is 3. The first-order valence-corrected chi connectivity index (χ1v) is 9.53. The lowest BCUT2D eigenvalue weighted by molar-refractivity contribution is 0.474. The lowest BCUT2D eigenvalue weighted by Crippen LogP contribution is -2.03. The van der Waals surface area contributed by atoms with Crippen LogP contribution < -0.4 is 0 Å². The predicted octanol–water partition coefficient (Wildman–Crippen LogP) is 5.57. The second-order valence-corrected chi connectivity index (χ2v) is 7.20. The van der Waals surface area contributed by atoms with E-state index in [1.54, 1.807) is 36.4 Å². The first-order valence-electron chi connectivity index (χ1n) is 9.53. The molecule has 0 aliphatic carbocycles. The van der Waals surface area contributed by atoms with Gasteiger partial charge in [-0.1, -0.05) is 60.7 Å². The van der Waals surface area contributed by atoms with Crippen molar-refractivity contribution >= 4 is 0 Å². The Balaban J connectivity index is 1.66. The third kappa shape index (κ3) is 4.41. The Morgan fingerprint density at radius 3 is 1.07 bits per heavy atom. The van der Waals surface area contributed by atoms with Crippen molar-refractivity contribution in [1.29, 1.82) is 0 Å². The number of phenolic OH excluding ortho intramolecular Hbond substituents is 3. The van der Waals surface area contributed by atoms with Crippen molar-refractivity contribution < 1.29 is 15.3 Å². The summed E-state index contributed by atoms with van der Waals surface area (Å²) < 4.78 is 0. The number of phenols is 3. The zero-order valence-corrected chi connectivity index (χ0v) is 15.9. The summed E-state index contributed by atoms with van der Waals surface area (Å²) in [4.78, 5) is 0. The van der Waals surface area contributed by atoms with Gasteiger partial charge in [-0.05, 0) is 70.6 Å². The second kappa shape index (κ2) is 8.11. The number of hydrogen-bond donors (Lipinski definition) is 3. The number of aromatic hydroxyl groups is 3. The van der Waals surface area contributed by atoms with Crippen LogP contribution in [0.2, 0.25) is 0 Å². The Hall–Kier alpha value is -3.72. The van der Waals surface area contributed by atoms with Gasteiger partial charge in [0.2, 0.25) is 0 Å². The lowest BCUT2D eigenvalue weighted by atomic mass is 9.84. The van der Waals surface area contributed by atoms with Gasteiger partial charge in [-0.15, -0.1) is 0 Å². The molecule has 0 aliphatic heterocycles. The largest absolute Gasteiger partial charge is 0.508 e. The Labute approximate surface area is 170 Å². The Bertz CT molecular complexity index is 1020. The summed E-state index contributed by atoms with van der Waals surface area (Å²) in [6.07, 6.45) is 0.795. The molecule has 3 N–H and O–H groups in total. The van der Waals surface area contributed by atoms with E-state index in [0.717, 1.165) is 28.7 Å². The SMILES string of the molecule is Oc1ccc(Cc2ccc(C(c3ccc(O)cc3)c3ccc(O)cc3)cc2)cc1. The highest BCUT2D eigenvalue weighted by Gasteiger charge is 2.17. The van der Waals surface area contributed by atoms with Crippen LogP contribution in [0.5, 0.6) is 17.2 Å². The molecule has 0 aromatic heterocycles. The molecule has 0 aliphatic rings. The highest BCUT2D eigenvalue weighted by molar-refractivity contribution is 5.46. The molecule has 3 heteroatoms. The van der Waals surface area contributed by atoms with Crippen molar-refractivity contribution in [3.05, 3.63) is 125 Å². The third-order valence-corrected chi connectivity index (χ3v) is 5.11. The second-order valence-electron chi connectivity index (χ2n) is 7.20. The zero-order valence-electron chi connectivity index (χ0n) is 15.9. The van der Waals surface area contributed by atoms with Crippen LogP contribution in [0.3, 0.4) is 0 Å². The van der Waals surface area contributed by atoms with Gasteiger partial charge in [0.15, 0.2) is 0 Å². The summed E-state index contributed by atoms with van der Waals surface area (Å²) in [6, 6.07) is 30.3. The minimum absolute atomic E-state index is 0.000998. The molecule has 0 amide bonds. The molecular weight excluding hydrogens is 360 g/mol. The zero-order chi connectivity index (χ0) is 20.2. The normalized spacial score (nSPS) is 10.9. The van der Waals surface area contributed by atoms with Crippen LogP contribution in [0.15, 0.2) is 97.1 Å². The van der Waals surface area contributed by atoms with E-state index in [4.69, 9.17) is 0 Å². The van der Waals surface area contributed by atoms with Gasteiger partial charge in [-0.3, -0.25) is 0 Å². The molecule has 29 heavy (non-hydrogen) atoms. The van der Waals surface area contributed by atoms with Crippen molar-refractivity contribution in [3.63, 3.8) is 0 Å². The van der Waals surface area contributed by atoms with E-state index in [1.165, 1.54) is 5.56 Å². The van der Waals surface area contributed by atoms with E-state index >= 15 is 0 Å². The maximum Gasteiger partial charge on any atom is 0.115 e. The fourth-order valence-corrected chi connectivity index (χ4v) is 3.59. The number of benzene rings is 4. The molecule has 0 atom stereocenters. The summed E-state index contributed by atoms with van der Waals surface area (Å²) in [7, 11) is 0. The standard InChI is InChI=1S/C26H22O3/c27-23-11-3-19(4-12-23)17-18-1-5-20(6-2-18)26(21-7-13-24(28)14-8-21)22-9-15-25(29)16-10-22/h1-16,26-29H,17H2. The molecule has 4 rings (SSSR count). The summed E-state index contributed by atoms with van der Waals surface area (Å²) in [5.41, 5.74) is 5.61. The molecule has 0 heterocycles. The van der Waals surface area contributed by atoms with Crippen LogP contribution in [0.4, 0.5) is 0 Å². The smallest absolute Gasteiger partial charge is 0.115 e. The van der Waals surface area contributed by atoms with E-state index in [2.05, 4.69) is 24.3 Å². The van der Waals surface area contributed by atoms with Crippen molar-refractivity contribution in [2.45, 2.75) is 12.3 Å². The Morgan fingerprint density at radius 1 is 0.414 bits per heavy atom. The maximum absolute atomic E-state index is 9.66. The fraction of sp³-hybridized carbons (Fsp3) is 0.0769. The minimum Gasteiger partial charge on any atom is -0.508 e. The van der Waals surface area contributed by atoms with Crippen LogP contribution in [-0.2, 0) is 6.42 Å².